The second-order valence-electron chi connectivity index (χ2n) is 8.78. The van der Waals surface area contributed by atoms with Gasteiger partial charge in [0, 0.05) is 50.9 Å². The minimum atomic E-state index is -3.80. The van der Waals surface area contributed by atoms with E-state index in [9.17, 15) is 27.7 Å². The number of nitrogens with zero attached hydrogens (tertiary/aromatic N) is 4. The first-order chi connectivity index (χ1) is 16.2. The van der Waals surface area contributed by atoms with Gasteiger partial charge in [0.1, 0.15) is 11.5 Å². The molecule has 0 N–H and O–H groups in total. The first-order valence-electron chi connectivity index (χ1n) is 11.2. The Morgan fingerprint density at radius 1 is 1.00 bits per heavy atom. The largest absolute Gasteiger partial charge is 0.366 e. The smallest absolute Gasteiger partial charge is 0.293 e. The summed E-state index contributed by atoms with van der Waals surface area (Å²) in [7, 11) is -3.80. The number of benzene rings is 2. The molecule has 0 spiro atoms. The third kappa shape index (κ3) is 4.90. The summed E-state index contributed by atoms with van der Waals surface area (Å²) < 4.78 is 40.0. The standard InChI is InChI=1S/C23H27FN4O5S/c1-17-8-10-25(11-9-17)21-7-2-18(16-22(21)28(30)31)23(29)26-12-14-27(15-13-26)34(32,33)20-5-3-19(24)4-6-20/h2-7,16-17H,8-15H2,1H3. The summed E-state index contributed by atoms with van der Waals surface area (Å²) in [6.45, 7) is 4.10. The van der Waals surface area contributed by atoms with Crippen molar-refractivity contribution in [3.05, 3.63) is 64.0 Å². The molecule has 0 unspecified atom stereocenters. The SMILES string of the molecule is CC1CCN(c2ccc(C(=O)N3CCN(S(=O)(=O)c4ccc(F)cc4)CC3)cc2[N+](=O)[O-])CC1. The van der Waals surface area contributed by atoms with Gasteiger partial charge in [-0.1, -0.05) is 6.92 Å². The lowest BCUT2D eigenvalue weighted by molar-refractivity contribution is -0.384. The molecule has 2 saturated heterocycles. The van der Waals surface area contributed by atoms with Crippen LogP contribution in [0.1, 0.15) is 30.1 Å². The molecule has 0 saturated carbocycles. The molecule has 2 aromatic carbocycles. The second kappa shape index (κ2) is 9.67. The highest BCUT2D eigenvalue weighted by molar-refractivity contribution is 7.89. The monoisotopic (exact) mass is 490 g/mol. The van der Waals surface area contributed by atoms with Crippen LogP contribution in [0.15, 0.2) is 47.4 Å². The van der Waals surface area contributed by atoms with E-state index in [-0.39, 0.29) is 48.2 Å². The van der Waals surface area contributed by atoms with Gasteiger partial charge in [0.25, 0.3) is 11.6 Å². The maximum Gasteiger partial charge on any atom is 0.293 e. The summed E-state index contributed by atoms with van der Waals surface area (Å²) in [4.78, 5) is 27.8. The van der Waals surface area contributed by atoms with Crippen molar-refractivity contribution in [3.8, 4) is 0 Å². The van der Waals surface area contributed by atoms with Gasteiger partial charge in [-0.15, -0.1) is 0 Å². The Morgan fingerprint density at radius 2 is 1.62 bits per heavy atom. The number of nitro benzene ring substituents is 1. The number of sulfonamides is 1. The molecule has 1 amide bonds. The van der Waals surface area contributed by atoms with E-state index in [0.717, 1.165) is 38.1 Å². The molecule has 11 heteroatoms. The van der Waals surface area contributed by atoms with Gasteiger partial charge in [-0.2, -0.15) is 4.31 Å². The van der Waals surface area contributed by atoms with Crippen molar-refractivity contribution in [1.29, 1.82) is 0 Å². The molecule has 34 heavy (non-hydrogen) atoms. The van der Waals surface area contributed by atoms with E-state index in [1.165, 1.54) is 27.4 Å². The number of piperazine rings is 1. The van der Waals surface area contributed by atoms with E-state index in [4.69, 9.17) is 0 Å². The number of carbonyl (C=O) groups excluding carboxylic acids is 1. The van der Waals surface area contributed by atoms with Gasteiger partial charge in [-0.25, -0.2) is 12.8 Å². The molecule has 0 aliphatic carbocycles. The lowest BCUT2D eigenvalue weighted by Gasteiger charge is -2.34. The minimum Gasteiger partial charge on any atom is -0.366 e. The molecule has 0 bridgehead atoms. The van der Waals surface area contributed by atoms with E-state index >= 15 is 0 Å². The molecule has 0 radical (unpaired) electrons. The molecule has 2 heterocycles. The highest BCUT2D eigenvalue weighted by Crippen LogP contribution is 2.33. The predicted molar refractivity (Wildman–Crippen MR) is 125 cm³/mol. The number of halogens is 1. The number of nitro groups is 1. The average molecular weight is 491 g/mol. The van der Waals surface area contributed by atoms with Crippen LogP contribution in [0, 0.1) is 21.8 Å². The molecule has 2 aliphatic heterocycles. The zero-order valence-electron chi connectivity index (χ0n) is 18.9. The van der Waals surface area contributed by atoms with Crippen LogP contribution >= 0.6 is 0 Å². The van der Waals surface area contributed by atoms with Crippen molar-refractivity contribution in [2.45, 2.75) is 24.7 Å². The number of hydrogen-bond acceptors (Lipinski definition) is 6. The minimum absolute atomic E-state index is 0.00741. The van der Waals surface area contributed by atoms with Gasteiger partial charge in [0.05, 0.1) is 9.82 Å². The van der Waals surface area contributed by atoms with Crippen LogP contribution in [-0.4, -0.2) is 67.7 Å². The Hall–Kier alpha value is -3.05. The van der Waals surface area contributed by atoms with E-state index in [1.807, 2.05) is 4.90 Å². The summed E-state index contributed by atoms with van der Waals surface area (Å²) in [6.07, 6.45) is 1.92. The Balaban J connectivity index is 1.46. The normalized spacial score (nSPS) is 18.2. The van der Waals surface area contributed by atoms with Crippen LogP contribution in [0.5, 0.6) is 0 Å². The van der Waals surface area contributed by atoms with E-state index < -0.39 is 20.8 Å². The van der Waals surface area contributed by atoms with Crippen LogP contribution < -0.4 is 4.90 Å². The van der Waals surface area contributed by atoms with Crippen molar-refractivity contribution in [2.75, 3.05) is 44.2 Å². The fourth-order valence-corrected chi connectivity index (χ4v) is 5.81. The van der Waals surface area contributed by atoms with Gasteiger partial charge in [0.15, 0.2) is 0 Å². The average Bonchev–Trinajstić information content (AvgIpc) is 2.84. The number of amides is 1. The molecule has 4 rings (SSSR count). The van der Waals surface area contributed by atoms with Crippen molar-refractivity contribution < 1.29 is 22.5 Å². The predicted octanol–water partition coefficient (Wildman–Crippen LogP) is 3.12. The maximum absolute atomic E-state index is 13.1. The summed E-state index contributed by atoms with van der Waals surface area (Å²) >= 11 is 0. The lowest BCUT2D eigenvalue weighted by atomic mass is 9.98. The molecule has 0 aromatic heterocycles. The van der Waals surface area contributed by atoms with Crippen LogP contribution in [0.3, 0.4) is 0 Å². The fraction of sp³-hybridized carbons (Fsp3) is 0.435. The highest BCUT2D eigenvalue weighted by Gasteiger charge is 2.31. The maximum atomic E-state index is 13.1. The van der Waals surface area contributed by atoms with Crippen molar-refractivity contribution >= 4 is 27.3 Å². The van der Waals surface area contributed by atoms with Gasteiger partial charge in [-0.3, -0.25) is 14.9 Å². The molecular formula is C23H27FN4O5S. The summed E-state index contributed by atoms with van der Waals surface area (Å²) in [5.74, 6) is -0.313. The summed E-state index contributed by atoms with van der Waals surface area (Å²) in [5.41, 5.74) is 0.622. The third-order valence-electron chi connectivity index (χ3n) is 6.52. The van der Waals surface area contributed by atoms with Gasteiger partial charge < -0.3 is 9.80 Å². The zero-order chi connectivity index (χ0) is 24.5. The van der Waals surface area contributed by atoms with Crippen LogP contribution in [0.2, 0.25) is 0 Å². The summed E-state index contributed by atoms with van der Waals surface area (Å²) in [5, 5.41) is 11.7. The van der Waals surface area contributed by atoms with Gasteiger partial charge in [0.2, 0.25) is 10.0 Å². The molecule has 2 aromatic rings. The molecule has 2 aliphatic rings. The molecule has 182 valence electrons. The van der Waals surface area contributed by atoms with Crippen molar-refractivity contribution in [1.82, 2.24) is 9.21 Å². The fourth-order valence-electron chi connectivity index (χ4n) is 4.39. The van der Waals surface area contributed by atoms with Gasteiger partial charge in [-0.05, 0) is 55.2 Å². The number of rotatable bonds is 5. The topological polar surface area (TPSA) is 104 Å². The Kier molecular flexibility index (Phi) is 6.85. The zero-order valence-corrected chi connectivity index (χ0v) is 19.7. The number of carbonyl (C=O) groups is 1. The van der Waals surface area contributed by atoms with Gasteiger partial charge >= 0.3 is 0 Å². The first-order valence-corrected chi connectivity index (χ1v) is 12.7. The van der Waals surface area contributed by atoms with Crippen molar-refractivity contribution in [2.24, 2.45) is 5.92 Å². The number of anilines is 1. The van der Waals surface area contributed by atoms with Crippen LogP contribution in [0.4, 0.5) is 15.8 Å². The van der Waals surface area contributed by atoms with E-state index in [1.54, 1.807) is 12.1 Å². The van der Waals surface area contributed by atoms with Crippen molar-refractivity contribution in [3.63, 3.8) is 0 Å². The quantitative estimate of drug-likeness (QED) is 0.471. The Bertz CT molecular complexity index is 1170. The second-order valence-corrected chi connectivity index (χ2v) is 10.7. The molecule has 9 nitrogen and oxygen atoms in total. The Morgan fingerprint density at radius 3 is 2.21 bits per heavy atom. The molecular weight excluding hydrogens is 463 g/mol. The van der Waals surface area contributed by atoms with E-state index in [0.29, 0.717) is 11.6 Å². The Labute approximate surface area is 198 Å². The highest BCUT2D eigenvalue weighted by atomic mass is 32.2. The number of hydrogen-bond donors (Lipinski definition) is 0. The first kappa shape index (κ1) is 24.1. The van der Waals surface area contributed by atoms with E-state index in [2.05, 4.69) is 6.92 Å². The van der Waals surface area contributed by atoms with Crippen LogP contribution in [-0.2, 0) is 10.0 Å². The lowest BCUT2D eigenvalue weighted by Crippen LogP contribution is -2.50. The third-order valence-corrected chi connectivity index (χ3v) is 8.43. The summed E-state index contributed by atoms with van der Waals surface area (Å²) in [6, 6.07) is 9.16. The van der Waals surface area contributed by atoms with Crippen LogP contribution in [0.25, 0.3) is 0 Å². The molecule has 0 atom stereocenters. The molecule has 2 fully saturated rings. The number of piperidine rings is 1.